The summed E-state index contributed by atoms with van der Waals surface area (Å²) < 4.78 is 40.2. The quantitative estimate of drug-likeness (QED) is 0.593. The highest BCUT2D eigenvalue weighted by Gasteiger charge is 2.20. The second kappa shape index (κ2) is 8.74. The first kappa shape index (κ1) is 20.3. The summed E-state index contributed by atoms with van der Waals surface area (Å²) in [6, 6.07) is 13.4. The average molecular weight is 417 g/mol. The molecule has 0 unspecified atom stereocenters. The van der Waals surface area contributed by atoms with Gasteiger partial charge < -0.3 is 13.9 Å². The Balaban J connectivity index is 1.66. The lowest BCUT2D eigenvalue weighted by atomic mass is 10.2. The number of nitrogens with zero attached hydrogens (tertiary/aromatic N) is 2. The number of sulfone groups is 1. The van der Waals surface area contributed by atoms with Gasteiger partial charge in [0, 0.05) is 5.56 Å². The molecule has 9 nitrogen and oxygen atoms in total. The van der Waals surface area contributed by atoms with E-state index in [1.165, 1.54) is 14.2 Å². The Hall–Kier alpha value is -3.40. The Morgan fingerprint density at radius 1 is 1.03 bits per heavy atom. The van der Waals surface area contributed by atoms with Crippen LogP contribution in [-0.4, -0.2) is 44.5 Å². The van der Waals surface area contributed by atoms with Crippen molar-refractivity contribution in [2.45, 2.75) is 5.75 Å². The fourth-order valence-corrected chi connectivity index (χ4v) is 3.87. The summed E-state index contributed by atoms with van der Waals surface area (Å²) in [7, 11) is -0.634. The molecular weight excluding hydrogens is 398 g/mol. The van der Waals surface area contributed by atoms with Gasteiger partial charge in [0.1, 0.15) is 5.75 Å². The van der Waals surface area contributed by atoms with Crippen LogP contribution in [0.25, 0.3) is 11.5 Å². The minimum Gasteiger partial charge on any atom is -0.493 e. The lowest BCUT2D eigenvalue weighted by molar-refractivity contribution is -0.114. The van der Waals surface area contributed by atoms with Crippen molar-refractivity contribution < 1.29 is 27.1 Å². The summed E-state index contributed by atoms with van der Waals surface area (Å²) in [6.45, 7) is 0. The smallest absolute Gasteiger partial charge is 0.322 e. The molecule has 1 heterocycles. The van der Waals surface area contributed by atoms with E-state index in [2.05, 4.69) is 15.5 Å². The molecule has 1 N–H and O–H groups in total. The number of ether oxygens (including phenoxy) is 2. The van der Waals surface area contributed by atoms with E-state index in [9.17, 15) is 13.2 Å². The van der Waals surface area contributed by atoms with E-state index < -0.39 is 21.5 Å². The summed E-state index contributed by atoms with van der Waals surface area (Å²) in [4.78, 5) is 12.1. The van der Waals surface area contributed by atoms with Gasteiger partial charge in [0.05, 0.1) is 20.0 Å². The number of nitrogens with one attached hydrogen (secondary N) is 1. The van der Waals surface area contributed by atoms with Crippen LogP contribution in [0.1, 0.15) is 5.56 Å². The predicted octanol–water partition coefficient (Wildman–Crippen LogP) is 2.31. The first-order valence-electron chi connectivity index (χ1n) is 8.50. The molecule has 0 fully saturated rings. The van der Waals surface area contributed by atoms with Crippen molar-refractivity contribution in [2.75, 3.05) is 25.3 Å². The van der Waals surface area contributed by atoms with Crippen molar-refractivity contribution >= 4 is 21.8 Å². The lowest BCUT2D eigenvalue weighted by Gasteiger charge is -2.07. The van der Waals surface area contributed by atoms with Crippen LogP contribution >= 0.6 is 0 Å². The molecule has 2 aromatic carbocycles. The standard InChI is InChI=1S/C19H19N3O6S/c1-26-15-9-8-14(10-16(15)27-2)18-21-22-19(28-18)20-17(23)12-29(24,25)11-13-6-4-3-5-7-13/h3-10H,11-12H2,1-2H3,(H,20,22,23). The highest BCUT2D eigenvalue weighted by atomic mass is 32.2. The lowest BCUT2D eigenvalue weighted by Crippen LogP contribution is -2.24. The van der Waals surface area contributed by atoms with Gasteiger partial charge in [-0.25, -0.2) is 8.42 Å². The minimum absolute atomic E-state index is 0.133. The number of anilines is 1. The van der Waals surface area contributed by atoms with E-state index in [0.29, 0.717) is 22.6 Å². The number of aromatic nitrogens is 2. The minimum atomic E-state index is -3.65. The van der Waals surface area contributed by atoms with Crippen LogP contribution in [-0.2, 0) is 20.4 Å². The fraction of sp³-hybridized carbons (Fsp3) is 0.211. The molecule has 3 aromatic rings. The van der Waals surface area contributed by atoms with Gasteiger partial charge >= 0.3 is 6.01 Å². The maximum Gasteiger partial charge on any atom is 0.322 e. The van der Waals surface area contributed by atoms with Crippen LogP contribution < -0.4 is 14.8 Å². The van der Waals surface area contributed by atoms with Gasteiger partial charge in [-0.3, -0.25) is 10.1 Å². The number of methoxy groups -OCH3 is 2. The highest BCUT2D eigenvalue weighted by Crippen LogP contribution is 2.32. The summed E-state index contributed by atoms with van der Waals surface area (Å²) >= 11 is 0. The fourth-order valence-electron chi connectivity index (χ4n) is 2.59. The Kier molecular flexibility index (Phi) is 6.13. The van der Waals surface area contributed by atoms with E-state index in [1.54, 1.807) is 48.5 Å². The predicted molar refractivity (Wildman–Crippen MR) is 105 cm³/mol. The van der Waals surface area contributed by atoms with E-state index in [4.69, 9.17) is 13.9 Å². The maximum atomic E-state index is 12.2. The van der Waals surface area contributed by atoms with Gasteiger partial charge in [0.2, 0.25) is 11.8 Å². The first-order chi connectivity index (χ1) is 13.9. The Bertz CT molecular complexity index is 1100. The molecule has 3 rings (SSSR count). The number of rotatable bonds is 8. The van der Waals surface area contributed by atoms with Gasteiger partial charge in [-0.1, -0.05) is 35.4 Å². The van der Waals surface area contributed by atoms with E-state index in [0.717, 1.165) is 0 Å². The summed E-state index contributed by atoms with van der Waals surface area (Å²) in [5.41, 5.74) is 1.15. The highest BCUT2D eigenvalue weighted by molar-refractivity contribution is 7.91. The third kappa shape index (κ3) is 5.32. The van der Waals surface area contributed by atoms with Crippen LogP contribution in [0.3, 0.4) is 0 Å². The topological polar surface area (TPSA) is 121 Å². The number of hydrogen-bond donors (Lipinski definition) is 1. The van der Waals surface area contributed by atoms with Crippen molar-refractivity contribution in [3.05, 3.63) is 54.1 Å². The van der Waals surface area contributed by atoms with Crippen LogP contribution in [0, 0.1) is 0 Å². The molecular formula is C19H19N3O6S. The van der Waals surface area contributed by atoms with Gasteiger partial charge in [-0.05, 0) is 23.8 Å². The number of hydrogen-bond acceptors (Lipinski definition) is 8. The molecule has 0 aliphatic carbocycles. The van der Waals surface area contributed by atoms with Gasteiger partial charge in [-0.15, -0.1) is 5.10 Å². The van der Waals surface area contributed by atoms with Crippen molar-refractivity contribution in [2.24, 2.45) is 0 Å². The van der Waals surface area contributed by atoms with Crippen molar-refractivity contribution in [3.8, 4) is 23.0 Å². The molecule has 0 spiro atoms. The number of amides is 1. The summed E-state index contributed by atoms with van der Waals surface area (Å²) in [5, 5.41) is 9.90. The first-order valence-corrected chi connectivity index (χ1v) is 10.3. The SMILES string of the molecule is COc1ccc(-c2nnc(NC(=O)CS(=O)(=O)Cc3ccccc3)o2)cc1OC. The third-order valence-corrected chi connectivity index (χ3v) is 5.36. The molecule has 0 saturated carbocycles. The Labute approximate surface area is 167 Å². The van der Waals surface area contributed by atoms with E-state index in [1.807, 2.05) is 0 Å². The molecule has 152 valence electrons. The molecule has 0 aliphatic heterocycles. The largest absolute Gasteiger partial charge is 0.493 e. The summed E-state index contributed by atoms with van der Waals surface area (Å²) in [6.07, 6.45) is 0. The number of carbonyl (C=O) groups is 1. The normalized spacial score (nSPS) is 11.1. The van der Waals surface area contributed by atoms with E-state index in [-0.39, 0.29) is 17.7 Å². The van der Waals surface area contributed by atoms with Crippen molar-refractivity contribution in [3.63, 3.8) is 0 Å². The number of carbonyl (C=O) groups excluding carboxylic acids is 1. The monoisotopic (exact) mass is 417 g/mol. The molecule has 0 radical (unpaired) electrons. The second-order valence-electron chi connectivity index (χ2n) is 6.05. The molecule has 0 bridgehead atoms. The number of benzene rings is 2. The van der Waals surface area contributed by atoms with Crippen LogP contribution in [0.5, 0.6) is 11.5 Å². The third-order valence-electron chi connectivity index (χ3n) is 3.88. The van der Waals surface area contributed by atoms with Crippen LogP contribution in [0.2, 0.25) is 0 Å². The Morgan fingerprint density at radius 3 is 2.45 bits per heavy atom. The van der Waals surface area contributed by atoms with E-state index >= 15 is 0 Å². The summed E-state index contributed by atoms with van der Waals surface area (Å²) in [5.74, 6) is -0.552. The second-order valence-corrected chi connectivity index (χ2v) is 8.11. The van der Waals surface area contributed by atoms with Gasteiger partial charge in [-0.2, -0.15) is 0 Å². The Morgan fingerprint density at radius 2 is 1.76 bits per heavy atom. The molecule has 10 heteroatoms. The molecule has 0 aliphatic rings. The molecule has 0 atom stereocenters. The average Bonchev–Trinajstić information content (AvgIpc) is 3.15. The van der Waals surface area contributed by atoms with Crippen LogP contribution in [0.4, 0.5) is 6.01 Å². The molecule has 1 aromatic heterocycles. The molecule has 0 saturated heterocycles. The van der Waals surface area contributed by atoms with Crippen molar-refractivity contribution in [1.29, 1.82) is 0 Å². The zero-order valence-corrected chi connectivity index (χ0v) is 16.6. The maximum absolute atomic E-state index is 12.2. The van der Waals surface area contributed by atoms with Gasteiger partial charge in [0.25, 0.3) is 0 Å². The van der Waals surface area contributed by atoms with Gasteiger partial charge in [0.15, 0.2) is 21.3 Å². The molecule has 29 heavy (non-hydrogen) atoms. The zero-order chi connectivity index (χ0) is 20.9. The zero-order valence-electron chi connectivity index (χ0n) is 15.8. The van der Waals surface area contributed by atoms with Crippen LogP contribution in [0.15, 0.2) is 52.9 Å². The van der Waals surface area contributed by atoms with Crippen molar-refractivity contribution in [1.82, 2.24) is 10.2 Å². The molecule has 1 amide bonds.